The van der Waals surface area contributed by atoms with Gasteiger partial charge in [0.25, 0.3) is 0 Å². The first-order chi connectivity index (χ1) is 11.7. The zero-order valence-corrected chi connectivity index (χ0v) is 17.2. The number of likely N-dealkylation sites (tertiary alicyclic amines) is 1. The Bertz CT molecular complexity index is 306. The van der Waals surface area contributed by atoms with Gasteiger partial charge in [-0.1, -0.05) is 41.0 Å². The predicted octanol–water partition coefficient (Wildman–Crippen LogP) is 3.67. The number of carbonyl (C=O) groups is 1. The molecule has 1 saturated heterocycles. The summed E-state index contributed by atoms with van der Waals surface area (Å²) >= 11 is 0. The van der Waals surface area contributed by atoms with Crippen molar-refractivity contribution in [3.8, 4) is 0 Å². The Labute approximate surface area is 151 Å². The molecule has 0 aromatic rings. The molecular weight excluding hydrogens is 298 g/mol. The lowest BCUT2D eigenvalue weighted by molar-refractivity contribution is -0.144. The first kappa shape index (κ1) is 23.4. The minimum absolute atomic E-state index is 0.302. The molecular formula is C20H43N3O. The highest BCUT2D eigenvalue weighted by molar-refractivity contribution is 5.79. The van der Waals surface area contributed by atoms with Gasteiger partial charge in [-0.2, -0.15) is 0 Å². The fourth-order valence-corrected chi connectivity index (χ4v) is 3.77. The summed E-state index contributed by atoms with van der Waals surface area (Å²) in [6.45, 7) is 15.9. The van der Waals surface area contributed by atoms with Gasteiger partial charge in [-0.05, 0) is 57.7 Å². The molecule has 4 heteroatoms. The summed E-state index contributed by atoms with van der Waals surface area (Å²) in [5.74, 6) is 0.606. The Morgan fingerprint density at radius 3 is 2.17 bits per heavy atom. The Hall–Kier alpha value is -0.610. The number of rotatable bonds is 9. The van der Waals surface area contributed by atoms with E-state index in [0.29, 0.717) is 17.2 Å². The van der Waals surface area contributed by atoms with Crippen LogP contribution in [-0.2, 0) is 4.79 Å². The van der Waals surface area contributed by atoms with Crippen molar-refractivity contribution in [1.29, 1.82) is 0 Å². The summed E-state index contributed by atoms with van der Waals surface area (Å²) in [7, 11) is 1.98. The number of amides is 1. The molecule has 2 rings (SSSR count). The van der Waals surface area contributed by atoms with Gasteiger partial charge in [-0.15, -0.1) is 0 Å². The Balaban J connectivity index is 0.00000123. The molecule has 1 spiro atoms. The molecule has 0 aromatic heterocycles. The molecule has 1 aliphatic carbocycles. The molecule has 0 bridgehead atoms. The first-order valence-corrected chi connectivity index (χ1v) is 10.3. The van der Waals surface area contributed by atoms with E-state index in [9.17, 15) is 4.79 Å². The van der Waals surface area contributed by atoms with Crippen LogP contribution in [0.2, 0.25) is 0 Å². The smallest absolute Gasteiger partial charge is 0.223 e. The van der Waals surface area contributed by atoms with Crippen molar-refractivity contribution in [2.45, 2.75) is 73.1 Å². The van der Waals surface area contributed by atoms with Gasteiger partial charge in [0, 0.05) is 25.6 Å². The summed E-state index contributed by atoms with van der Waals surface area (Å²) in [6, 6.07) is 0. The molecule has 2 N–H and O–H groups in total. The van der Waals surface area contributed by atoms with Crippen molar-refractivity contribution in [2.24, 2.45) is 11.3 Å². The van der Waals surface area contributed by atoms with E-state index in [4.69, 9.17) is 0 Å². The lowest BCUT2D eigenvalue weighted by Crippen LogP contribution is -2.63. The Kier molecular flexibility index (Phi) is 13.3. The molecule has 0 radical (unpaired) electrons. The van der Waals surface area contributed by atoms with Gasteiger partial charge in [0.15, 0.2) is 0 Å². The van der Waals surface area contributed by atoms with Crippen LogP contribution >= 0.6 is 0 Å². The van der Waals surface area contributed by atoms with Crippen LogP contribution in [0.25, 0.3) is 0 Å². The minimum atomic E-state index is 0.302. The maximum Gasteiger partial charge on any atom is 0.223 e. The molecule has 1 heterocycles. The largest absolute Gasteiger partial charge is 0.356 e. The van der Waals surface area contributed by atoms with Crippen LogP contribution in [0.1, 0.15) is 73.1 Å². The highest BCUT2D eigenvalue weighted by Crippen LogP contribution is 2.51. The number of hydrogen-bond donors (Lipinski definition) is 2. The summed E-state index contributed by atoms with van der Waals surface area (Å²) in [6.07, 6.45) is 6.99. The van der Waals surface area contributed by atoms with E-state index in [-0.39, 0.29) is 0 Å². The monoisotopic (exact) mass is 341 g/mol. The zero-order chi connectivity index (χ0) is 18.4. The van der Waals surface area contributed by atoms with Crippen LogP contribution in [0.15, 0.2) is 0 Å². The fraction of sp³-hybridized carbons (Fsp3) is 0.950. The summed E-state index contributed by atoms with van der Waals surface area (Å²) in [5.41, 5.74) is 0.518. The molecule has 1 saturated carbocycles. The van der Waals surface area contributed by atoms with Crippen molar-refractivity contribution in [3.05, 3.63) is 0 Å². The van der Waals surface area contributed by atoms with Crippen molar-refractivity contribution in [2.75, 3.05) is 39.8 Å². The minimum Gasteiger partial charge on any atom is -0.356 e. The highest BCUT2D eigenvalue weighted by Gasteiger charge is 2.53. The second-order valence-electron chi connectivity index (χ2n) is 6.77. The van der Waals surface area contributed by atoms with Gasteiger partial charge in [0.1, 0.15) is 0 Å². The normalized spacial score (nSPS) is 18.4. The van der Waals surface area contributed by atoms with Gasteiger partial charge in [0.05, 0.1) is 0 Å². The van der Waals surface area contributed by atoms with E-state index in [1.165, 1.54) is 38.9 Å². The van der Waals surface area contributed by atoms with Crippen LogP contribution in [-0.4, -0.2) is 50.6 Å². The van der Waals surface area contributed by atoms with Crippen LogP contribution in [0.4, 0.5) is 0 Å². The SMILES string of the molecule is CC.CC.CCCN1CC2(CC(C(=O)NCCCCCNC)C2)C1. The van der Waals surface area contributed by atoms with E-state index in [0.717, 1.165) is 32.4 Å². The lowest BCUT2D eigenvalue weighted by atomic mass is 9.57. The highest BCUT2D eigenvalue weighted by atomic mass is 16.1. The van der Waals surface area contributed by atoms with Gasteiger partial charge in [0.2, 0.25) is 5.91 Å². The van der Waals surface area contributed by atoms with Crippen LogP contribution < -0.4 is 10.6 Å². The number of unbranched alkanes of at least 4 members (excludes halogenated alkanes) is 2. The molecule has 0 atom stereocenters. The van der Waals surface area contributed by atoms with Crippen LogP contribution in [0.3, 0.4) is 0 Å². The number of hydrogen-bond acceptors (Lipinski definition) is 3. The van der Waals surface area contributed by atoms with Gasteiger partial charge < -0.3 is 15.5 Å². The van der Waals surface area contributed by atoms with Crippen molar-refractivity contribution < 1.29 is 4.79 Å². The number of carbonyl (C=O) groups excluding carboxylic acids is 1. The predicted molar refractivity (Wildman–Crippen MR) is 105 cm³/mol. The molecule has 2 fully saturated rings. The zero-order valence-electron chi connectivity index (χ0n) is 17.2. The average Bonchev–Trinajstić information content (AvgIpc) is 2.55. The third-order valence-corrected chi connectivity index (χ3v) is 4.79. The fourth-order valence-electron chi connectivity index (χ4n) is 3.77. The van der Waals surface area contributed by atoms with E-state index in [1.54, 1.807) is 0 Å². The summed E-state index contributed by atoms with van der Waals surface area (Å²) < 4.78 is 0. The van der Waals surface area contributed by atoms with E-state index in [1.807, 2.05) is 34.7 Å². The van der Waals surface area contributed by atoms with E-state index in [2.05, 4.69) is 22.5 Å². The maximum absolute atomic E-state index is 12.0. The molecule has 2 aliphatic rings. The van der Waals surface area contributed by atoms with Crippen molar-refractivity contribution in [1.82, 2.24) is 15.5 Å². The first-order valence-electron chi connectivity index (χ1n) is 10.3. The number of nitrogens with zero attached hydrogens (tertiary/aromatic N) is 1. The second-order valence-corrected chi connectivity index (χ2v) is 6.77. The Morgan fingerprint density at radius 2 is 1.62 bits per heavy atom. The Morgan fingerprint density at radius 1 is 1.04 bits per heavy atom. The topological polar surface area (TPSA) is 44.4 Å². The molecule has 4 nitrogen and oxygen atoms in total. The van der Waals surface area contributed by atoms with E-state index >= 15 is 0 Å². The summed E-state index contributed by atoms with van der Waals surface area (Å²) in [4.78, 5) is 14.5. The molecule has 0 aromatic carbocycles. The van der Waals surface area contributed by atoms with Gasteiger partial charge >= 0.3 is 0 Å². The van der Waals surface area contributed by atoms with Crippen molar-refractivity contribution >= 4 is 5.91 Å². The maximum atomic E-state index is 12.0. The van der Waals surface area contributed by atoms with Crippen LogP contribution in [0, 0.1) is 11.3 Å². The van der Waals surface area contributed by atoms with Crippen LogP contribution in [0.5, 0.6) is 0 Å². The average molecular weight is 342 g/mol. The quantitative estimate of drug-likeness (QED) is 0.629. The number of nitrogens with one attached hydrogen (secondary N) is 2. The van der Waals surface area contributed by atoms with E-state index < -0.39 is 0 Å². The lowest BCUT2D eigenvalue weighted by Gasteiger charge is -2.58. The van der Waals surface area contributed by atoms with Gasteiger partial charge in [-0.25, -0.2) is 0 Å². The molecule has 1 aliphatic heterocycles. The third-order valence-electron chi connectivity index (χ3n) is 4.79. The molecule has 1 amide bonds. The second kappa shape index (κ2) is 13.7. The standard InChI is InChI=1S/C16H31N3O.2C2H6/c1-3-9-19-12-16(13-19)10-14(11-16)15(20)18-8-6-4-5-7-17-2;2*1-2/h14,17H,3-13H2,1-2H3,(H,18,20);2*1-2H3. The molecule has 144 valence electrons. The van der Waals surface area contributed by atoms with Crippen molar-refractivity contribution in [3.63, 3.8) is 0 Å². The third kappa shape index (κ3) is 7.52. The molecule has 0 unspecified atom stereocenters. The molecule has 24 heavy (non-hydrogen) atoms. The summed E-state index contributed by atoms with van der Waals surface area (Å²) in [5, 5.41) is 6.26. The van der Waals surface area contributed by atoms with Gasteiger partial charge in [-0.3, -0.25) is 4.79 Å².